The van der Waals surface area contributed by atoms with Crippen molar-refractivity contribution in [3.05, 3.63) is 35.5 Å². The van der Waals surface area contributed by atoms with Crippen LogP contribution in [0.3, 0.4) is 0 Å². The fourth-order valence-electron chi connectivity index (χ4n) is 4.93. The second kappa shape index (κ2) is 5.38. The maximum absolute atomic E-state index is 12.3. The fraction of sp³-hybridized carbons (Fsp3) is 0.526. The molecule has 1 unspecified atom stereocenters. The molecule has 2 N–H and O–H groups in total. The highest BCUT2D eigenvalue weighted by molar-refractivity contribution is 5.86. The lowest BCUT2D eigenvalue weighted by Gasteiger charge is -2.49. The number of carbonyl (C=O) groups is 1. The summed E-state index contributed by atoms with van der Waals surface area (Å²) in [7, 11) is 0. The summed E-state index contributed by atoms with van der Waals surface area (Å²) in [4.78, 5) is 18.3. The van der Waals surface area contributed by atoms with Gasteiger partial charge in [0.2, 0.25) is 0 Å². The molecule has 0 radical (unpaired) electrons. The number of aliphatic carboxylic acids is 1. The normalized spacial score (nSPS) is 27.6. The van der Waals surface area contributed by atoms with Crippen LogP contribution in [0.2, 0.25) is 0 Å². The topological polar surface area (TPSA) is 56.3 Å². The molecule has 1 aromatic carbocycles. The number of nitrogens with zero attached hydrogens (tertiary/aromatic N) is 1. The van der Waals surface area contributed by atoms with Crippen LogP contribution in [0.1, 0.15) is 49.9 Å². The molecule has 4 heteroatoms. The Morgan fingerprint density at radius 1 is 1.39 bits per heavy atom. The van der Waals surface area contributed by atoms with Crippen molar-refractivity contribution in [3.8, 4) is 0 Å². The number of piperidine rings is 1. The van der Waals surface area contributed by atoms with Gasteiger partial charge < -0.3 is 10.1 Å². The van der Waals surface area contributed by atoms with Gasteiger partial charge in [-0.1, -0.05) is 31.5 Å². The van der Waals surface area contributed by atoms with E-state index in [1.165, 1.54) is 10.9 Å². The first-order chi connectivity index (χ1) is 11.2. The number of benzene rings is 1. The fourth-order valence-corrected chi connectivity index (χ4v) is 4.93. The monoisotopic (exact) mass is 312 g/mol. The smallest absolute Gasteiger partial charge is 0.311 e. The number of aromatic amines is 1. The average Bonchev–Trinajstić information content (AvgIpc) is 2.93. The van der Waals surface area contributed by atoms with Gasteiger partial charge in [-0.05, 0) is 43.9 Å². The second-order valence-corrected chi connectivity index (χ2v) is 7.07. The average molecular weight is 312 g/mol. The van der Waals surface area contributed by atoms with E-state index in [-0.39, 0.29) is 6.04 Å². The second-order valence-electron chi connectivity index (χ2n) is 7.07. The summed E-state index contributed by atoms with van der Waals surface area (Å²) in [5.74, 6) is -0.624. The largest absolute Gasteiger partial charge is 0.481 e. The van der Waals surface area contributed by atoms with Gasteiger partial charge in [-0.25, -0.2) is 0 Å². The van der Waals surface area contributed by atoms with Crippen LogP contribution in [0.4, 0.5) is 0 Å². The lowest BCUT2D eigenvalue weighted by Crippen LogP contribution is -2.52. The van der Waals surface area contributed by atoms with E-state index in [0.717, 1.165) is 56.4 Å². The maximum Gasteiger partial charge on any atom is 0.311 e. The minimum absolute atomic E-state index is 0.00940. The van der Waals surface area contributed by atoms with Crippen LogP contribution >= 0.6 is 0 Å². The van der Waals surface area contributed by atoms with Crippen molar-refractivity contribution in [2.75, 3.05) is 13.1 Å². The molecular weight excluding hydrogens is 288 g/mol. The van der Waals surface area contributed by atoms with E-state index in [0.29, 0.717) is 0 Å². The molecule has 1 aromatic heterocycles. The van der Waals surface area contributed by atoms with Crippen molar-refractivity contribution in [1.82, 2.24) is 9.88 Å². The van der Waals surface area contributed by atoms with Crippen LogP contribution in [0, 0.1) is 5.41 Å². The van der Waals surface area contributed by atoms with Gasteiger partial charge in [0.25, 0.3) is 0 Å². The molecule has 0 amide bonds. The molecule has 0 bridgehead atoms. The third kappa shape index (κ3) is 2.04. The Hall–Kier alpha value is -1.81. The summed E-state index contributed by atoms with van der Waals surface area (Å²) in [6.07, 6.45) is 4.44. The molecule has 0 spiro atoms. The number of H-pyrrole nitrogens is 1. The van der Waals surface area contributed by atoms with Gasteiger partial charge in [-0.3, -0.25) is 9.69 Å². The van der Waals surface area contributed by atoms with Gasteiger partial charge in [0.05, 0.1) is 11.5 Å². The number of rotatable bonds is 3. The molecule has 1 fully saturated rings. The van der Waals surface area contributed by atoms with E-state index >= 15 is 0 Å². The van der Waals surface area contributed by atoms with Gasteiger partial charge >= 0.3 is 5.97 Å². The van der Waals surface area contributed by atoms with Crippen LogP contribution in [0.25, 0.3) is 10.9 Å². The number of carboxylic acid groups (broad SMARTS) is 1. The van der Waals surface area contributed by atoms with Gasteiger partial charge in [-0.2, -0.15) is 0 Å². The minimum Gasteiger partial charge on any atom is -0.481 e. The summed E-state index contributed by atoms with van der Waals surface area (Å²) in [5, 5.41) is 11.4. The Kier molecular flexibility index (Phi) is 3.45. The summed E-state index contributed by atoms with van der Waals surface area (Å²) in [5.41, 5.74) is 2.99. The SMILES string of the molecule is CCC[C@@]1(C(=O)O)CCCN2CCc3c([nH]c4ccccc34)C21. The van der Waals surface area contributed by atoms with E-state index in [1.54, 1.807) is 0 Å². The first-order valence-corrected chi connectivity index (χ1v) is 8.74. The lowest BCUT2D eigenvalue weighted by atomic mass is 9.67. The lowest BCUT2D eigenvalue weighted by molar-refractivity contribution is -0.159. The van der Waals surface area contributed by atoms with E-state index in [9.17, 15) is 9.90 Å². The van der Waals surface area contributed by atoms with Crippen molar-refractivity contribution in [2.45, 2.75) is 45.1 Å². The summed E-state index contributed by atoms with van der Waals surface area (Å²) in [6.45, 7) is 4.08. The highest BCUT2D eigenvalue weighted by atomic mass is 16.4. The number of fused-ring (bicyclic) bond motifs is 5. The molecule has 3 heterocycles. The summed E-state index contributed by atoms with van der Waals surface area (Å²) >= 11 is 0. The first-order valence-electron chi connectivity index (χ1n) is 8.74. The number of hydrogen-bond donors (Lipinski definition) is 2. The first kappa shape index (κ1) is 14.8. The number of hydrogen-bond acceptors (Lipinski definition) is 2. The number of nitrogens with one attached hydrogen (secondary N) is 1. The van der Waals surface area contributed by atoms with Gasteiger partial charge in [0.15, 0.2) is 0 Å². The van der Waals surface area contributed by atoms with Crippen LogP contribution in [0.5, 0.6) is 0 Å². The van der Waals surface area contributed by atoms with Gasteiger partial charge in [0, 0.05) is 23.1 Å². The van der Waals surface area contributed by atoms with Crippen LogP contribution in [0.15, 0.2) is 24.3 Å². The molecule has 0 saturated carbocycles. The zero-order chi connectivity index (χ0) is 16.0. The molecule has 23 heavy (non-hydrogen) atoms. The van der Waals surface area contributed by atoms with E-state index < -0.39 is 11.4 Å². The van der Waals surface area contributed by atoms with Crippen LogP contribution < -0.4 is 0 Å². The van der Waals surface area contributed by atoms with Crippen molar-refractivity contribution in [2.24, 2.45) is 5.41 Å². The molecule has 1 saturated heterocycles. The zero-order valence-corrected chi connectivity index (χ0v) is 13.6. The molecule has 2 aliphatic rings. The van der Waals surface area contributed by atoms with Gasteiger partial charge in [0.1, 0.15) is 0 Å². The Morgan fingerprint density at radius 2 is 2.22 bits per heavy atom. The molecule has 0 aliphatic carbocycles. The molecule has 2 aliphatic heterocycles. The molecule has 122 valence electrons. The Morgan fingerprint density at radius 3 is 3.00 bits per heavy atom. The maximum atomic E-state index is 12.3. The van der Waals surface area contributed by atoms with Crippen molar-refractivity contribution in [1.29, 1.82) is 0 Å². The van der Waals surface area contributed by atoms with Crippen molar-refractivity contribution in [3.63, 3.8) is 0 Å². The third-order valence-electron chi connectivity index (χ3n) is 5.85. The number of aromatic nitrogens is 1. The van der Waals surface area contributed by atoms with Crippen LogP contribution in [-0.4, -0.2) is 34.0 Å². The van der Waals surface area contributed by atoms with E-state index in [4.69, 9.17) is 0 Å². The van der Waals surface area contributed by atoms with Crippen LogP contribution in [-0.2, 0) is 11.2 Å². The third-order valence-corrected chi connectivity index (χ3v) is 5.85. The molecule has 4 nitrogen and oxygen atoms in total. The standard InChI is InChI=1S/C19H24N2O2/c1-2-9-19(18(22)23)10-5-11-21-12-8-14-13-6-3-4-7-15(13)20-16(14)17(19)21/h3-4,6-7,17,20H,2,5,8-12H2,1H3,(H,22,23)/t17?,19-/m1/s1. The summed E-state index contributed by atoms with van der Waals surface area (Å²) < 4.78 is 0. The Labute approximate surface area is 136 Å². The highest BCUT2D eigenvalue weighted by Crippen LogP contribution is 2.52. The summed E-state index contributed by atoms with van der Waals surface area (Å²) in [6, 6.07) is 8.36. The predicted octanol–water partition coefficient (Wildman–Crippen LogP) is 3.73. The van der Waals surface area contributed by atoms with E-state index in [1.807, 2.05) is 6.07 Å². The highest BCUT2D eigenvalue weighted by Gasteiger charge is 2.52. The molecule has 2 atom stereocenters. The van der Waals surface area contributed by atoms with Crippen molar-refractivity contribution >= 4 is 16.9 Å². The number of para-hydroxylation sites is 1. The Bertz CT molecular complexity index is 747. The molecule has 4 rings (SSSR count). The predicted molar refractivity (Wildman–Crippen MR) is 90.5 cm³/mol. The number of carboxylic acids is 1. The minimum atomic E-state index is -0.650. The quantitative estimate of drug-likeness (QED) is 0.908. The Balaban J connectivity index is 1.91. The molecular formula is C19H24N2O2. The van der Waals surface area contributed by atoms with Gasteiger partial charge in [-0.15, -0.1) is 0 Å². The van der Waals surface area contributed by atoms with Crippen molar-refractivity contribution < 1.29 is 9.90 Å². The van der Waals surface area contributed by atoms with E-state index in [2.05, 4.69) is 35.0 Å². The zero-order valence-electron chi connectivity index (χ0n) is 13.6. The molecule has 2 aromatic rings.